The molecule has 208 valence electrons. The molecule has 4 aliphatic carbocycles. The molecule has 1 atom stereocenters. The van der Waals surface area contributed by atoms with Crippen molar-refractivity contribution in [3.8, 4) is 0 Å². The number of hydrogen-bond donors (Lipinski definition) is 1. The van der Waals surface area contributed by atoms with E-state index in [4.69, 9.17) is 0 Å². The Kier molecular flexibility index (Phi) is 6.59. The van der Waals surface area contributed by atoms with Crippen molar-refractivity contribution in [3.63, 3.8) is 0 Å². The highest BCUT2D eigenvalue weighted by Gasteiger charge is 2.53. The maximum absolute atomic E-state index is 13.7. The van der Waals surface area contributed by atoms with Crippen LogP contribution >= 0.6 is 11.8 Å². The lowest BCUT2D eigenvalue weighted by Gasteiger charge is -2.61. The van der Waals surface area contributed by atoms with E-state index in [-0.39, 0.29) is 17.9 Å². The lowest BCUT2D eigenvalue weighted by Crippen LogP contribution is -2.63. The molecule has 2 aromatic rings. The Bertz CT molecular complexity index is 1330. The number of nitrogens with one attached hydrogen (secondary N) is 1. The summed E-state index contributed by atoms with van der Waals surface area (Å²) in [6, 6.07) is 5.12. The van der Waals surface area contributed by atoms with Crippen molar-refractivity contribution in [2.75, 3.05) is 38.5 Å². The number of piperazine rings is 1. The average Bonchev–Trinajstić information content (AvgIpc) is 2.89. The number of benzene rings is 1. The monoisotopic (exact) mass is 549 g/mol. The second-order valence-corrected chi connectivity index (χ2v) is 13.9. The molecule has 1 aromatic heterocycles. The zero-order chi connectivity index (χ0) is 26.7. The van der Waals surface area contributed by atoms with Gasteiger partial charge in [-0.25, -0.2) is 4.98 Å². The fourth-order valence-electron chi connectivity index (χ4n) is 8.92. The topological polar surface area (TPSA) is 87.5 Å². The fraction of sp³-hybridized carbons (Fsp3) is 0.667. The van der Waals surface area contributed by atoms with Crippen LogP contribution in [-0.4, -0.2) is 75.2 Å². The Morgan fingerprint density at radius 2 is 1.69 bits per heavy atom. The molecule has 2 amide bonds. The predicted molar refractivity (Wildman–Crippen MR) is 152 cm³/mol. The van der Waals surface area contributed by atoms with Crippen LogP contribution in [0.5, 0.6) is 0 Å². The highest BCUT2D eigenvalue weighted by atomic mass is 32.2. The van der Waals surface area contributed by atoms with Gasteiger partial charge in [-0.15, -0.1) is 11.8 Å². The maximum atomic E-state index is 13.7. The normalized spacial score (nSPS) is 33.2. The number of piperidine rings is 1. The van der Waals surface area contributed by atoms with E-state index in [9.17, 15) is 14.4 Å². The molecule has 9 heteroatoms. The fourth-order valence-corrected chi connectivity index (χ4v) is 10.0. The van der Waals surface area contributed by atoms with Crippen LogP contribution in [0, 0.1) is 24.7 Å². The minimum absolute atomic E-state index is 0.195. The number of imide groups is 1. The molecule has 4 saturated carbocycles. The van der Waals surface area contributed by atoms with Gasteiger partial charge in [0.15, 0.2) is 0 Å². The quantitative estimate of drug-likeness (QED) is 0.437. The van der Waals surface area contributed by atoms with Crippen molar-refractivity contribution < 1.29 is 9.59 Å². The van der Waals surface area contributed by atoms with Crippen LogP contribution in [-0.2, 0) is 9.59 Å². The average molecular weight is 550 g/mol. The lowest BCUT2D eigenvalue weighted by molar-refractivity contribution is -0.135. The molecule has 6 aliphatic rings. The van der Waals surface area contributed by atoms with Crippen molar-refractivity contribution in [2.24, 2.45) is 17.8 Å². The number of thioether (sulfide) groups is 1. The minimum Gasteiger partial charge on any atom is -0.300 e. The number of carbonyl (C=O) groups excluding carboxylic acids is 2. The SMILES string of the molecule is Cc1nc2cccc(SCCN3CCN(C45CC6CC(CC(C6)C4)C5)CC3)c2c(=O)n1C1CCC(=O)NC1=O. The van der Waals surface area contributed by atoms with Gasteiger partial charge in [-0.2, -0.15) is 0 Å². The van der Waals surface area contributed by atoms with Crippen molar-refractivity contribution in [1.82, 2.24) is 24.7 Å². The second kappa shape index (κ2) is 10.00. The van der Waals surface area contributed by atoms with Gasteiger partial charge < -0.3 is 0 Å². The summed E-state index contributed by atoms with van der Waals surface area (Å²) in [5, 5.41) is 2.95. The molecular weight excluding hydrogens is 510 g/mol. The molecule has 1 unspecified atom stereocenters. The molecule has 8 nitrogen and oxygen atoms in total. The number of rotatable bonds is 6. The largest absolute Gasteiger partial charge is 0.300 e. The van der Waals surface area contributed by atoms with E-state index in [0.717, 1.165) is 48.0 Å². The first-order chi connectivity index (χ1) is 18.9. The van der Waals surface area contributed by atoms with Gasteiger partial charge in [0.25, 0.3) is 5.56 Å². The number of hydrogen-bond acceptors (Lipinski definition) is 7. The van der Waals surface area contributed by atoms with Gasteiger partial charge in [-0.3, -0.25) is 34.1 Å². The molecule has 6 fully saturated rings. The summed E-state index contributed by atoms with van der Waals surface area (Å²) >= 11 is 1.70. The van der Waals surface area contributed by atoms with Crippen LogP contribution < -0.4 is 10.9 Å². The van der Waals surface area contributed by atoms with E-state index in [1.54, 1.807) is 18.7 Å². The van der Waals surface area contributed by atoms with E-state index in [0.29, 0.717) is 28.7 Å². The molecule has 4 bridgehead atoms. The Labute approximate surface area is 233 Å². The first-order valence-electron chi connectivity index (χ1n) is 14.8. The maximum Gasteiger partial charge on any atom is 0.263 e. The van der Waals surface area contributed by atoms with Gasteiger partial charge in [-0.05, 0) is 81.8 Å². The summed E-state index contributed by atoms with van der Waals surface area (Å²) in [6.45, 7) is 7.38. The van der Waals surface area contributed by atoms with Gasteiger partial charge in [0, 0.05) is 55.3 Å². The van der Waals surface area contributed by atoms with E-state index >= 15 is 0 Å². The first kappa shape index (κ1) is 25.7. The molecule has 0 radical (unpaired) electrons. The Hall–Kier alpha value is -2.23. The Morgan fingerprint density at radius 1 is 1.00 bits per heavy atom. The number of aryl methyl sites for hydroxylation is 1. The molecule has 39 heavy (non-hydrogen) atoms. The number of carbonyl (C=O) groups is 2. The smallest absolute Gasteiger partial charge is 0.263 e. The van der Waals surface area contributed by atoms with E-state index < -0.39 is 11.9 Å². The van der Waals surface area contributed by atoms with Gasteiger partial charge in [0.1, 0.15) is 11.9 Å². The first-order valence-corrected chi connectivity index (χ1v) is 15.8. The summed E-state index contributed by atoms with van der Waals surface area (Å²) in [6.07, 6.45) is 9.38. The zero-order valence-electron chi connectivity index (χ0n) is 22.9. The van der Waals surface area contributed by atoms with Crippen LogP contribution in [0.15, 0.2) is 27.9 Å². The molecule has 0 spiro atoms. The van der Waals surface area contributed by atoms with Gasteiger partial charge in [0.05, 0.1) is 10.9 Å². The summed E-state index contributed by atoms with van der Waals surface area (Å²) in [5.74, 6) is 3.67. The second-order valence-electron chi connectivity index (χ2n) is 12.8. The van der Waals surface area contributed by atoms with Crippen LogP contribution in [0.2, 0.25) is 0 Å². The summed E-state index contributed by atoms with van der Waals surface area (Å²) in [4.78, 5) is 48.9. The predicted octanol–water partition coefficient (Wildman–Crippen LogP) is 3.36. The van der Waals surface area contributed by atoms with Crippen molar-refractivity contribution in [2.45, 2.75) is 74.8 Å². The van der Waals surface area contributed by atoms with Gasteiger partial charge >= 0.3 is 0 Å². The molecular formula is C30H39N5O3S. The molecule has 2 saturated heterocycles. The van der Waals surface area contributed by atoms with Crippen LogP contribution in [0.3, 0.4) is 0 Å². The summed E-state index contributed by atoms with van der Waals surface area (Å²) < 4.78 is 1.48. The number of aromatic nitrogens is 2. The molecule has 1 aromatic carbocycles. The van der Waals surface area contributed by atoms with Crippen LogP contribution in [0.4, 0.5) is 0 Å². The standard InChI is InChI=1S/C30H39N5O3S/c1-19-31-23-3-2-4-25(27(23)29(38)35(19)24-5-6-26(36)32-28(24)37)39-12-11-33-7-9-34(10-8-33)30-16-20-13-21(17-30)15-22(14-20)18-30/h2-4,20-22,24H,5-18H2,1H3,(H,32,36,37). The van der Waals surface area contributed by atoms with Crippen molar-refractivity contribution in [1.29, 1.82) is 0 Å². The lowest BCUT2D eigenvalue weighted by atomic mass is 9.52. The third-order valence-corrected chi connectivity index (χ3v) is 11.3. The number of fused-ring (bicyclic) bond motifs is 1. The Balaban J connectivity index is 1.01. The Morgan fingerprint density at radius 3 is 2.36 bits per heavy atom. The summed E-state index contributed by atoms with van der Waals surface area (Å²) in [7, 11) is 0. The van der Waals surface area contributed by atoms with E-state index in [1.807, 2.05) is 18.2 Å². The van der Waals surface area contributed by atoms with Gasteiger partial charge in [-0.1, -0.05) is 6.07 Å². The number of amides is 2. The molecule has 8 rings (SSSR count). The highest BCUT2D eigenvalue weighted by molar-refractivity contribution is 7.99. The van der Waals surface area contributed by atoms with Crippen molar-refractivity contribution >= 4 is 34.5 Å². The third-order valence-electron chi connectivity index (χ3n) is 10.3. The minimum atomic E-state index is -0.699. The highest BCUT2D eigenvalue weighted by Crippen LogP contribution is 2.57. The van der Waals surface area contributed by atoms with Crippen LogP contribution in [0.25, 0.3) is 10.9 Å². The van der Waals surface area contributed by atoms with Gasteiger partial charge in [0.2, 0.25) is 11.8 Å². The van der Waals surface area contributed by atoms with E-state index in [2.05, 4.69) is 20.1 Å². The summed E-state index contributed by atoms with van der Waals surface area (Å²) in [5.41, 5.74) is 0.973. The van der Waals surface area contributed by atoms with E-state index in [1.165, 1.54) is 56.2 Å². The van der Waals surface area contributed by atoms with Crippen LogP contribution in [0.1, 0.15) is 63.2 Å². The zero-order valence-corrected chi connectivity index (χ0v) is 23.7. The van der Waals surface area contributed by atoms with Crippen molar-refractivity contribution in [3.05, 3.63) is 34.4 Å². The molecule has 3 heterocycles. The number of nitrogens with zero attached hydrogens (tertiary/aromatic N) is 4. The molecule has 1 N–H and O–H groups in total. The third kappa shape index (κ3) is 4.64. The molecule has 2 aliphatic heterocycles.